The zero-order valence-electron chi connectivity index (χ0n) is 13.7. The van der Waals surface area contributed by atoms with Crippen LogP contribution in [0.3, 0.4) is 0 Å². The number of halogens is 1. The van der Waals surface area contributed by atoms with Crippen LogP contribution in [0.2, 0.25) is 0 Å². The number of likely N-dealkylation sites (N-methyl/N-ethyl adjacent to an activating group) is 1. The number of ether oxygens (including phenoxy) is 1. The fraction of sp³-hybridized carbons (Fsp3) is 0.625. The molecule has 1 aromatic rings. The standard InChI is InChI=1S/C16H25FN2O3S/c1-3-23(20,21)18-9-10-19(2)15-8-11-22-16(12-15)13-4-6-14(17)7-5-13/h4-7,15-16,18H,3,8-12H2,1-2H3. The molecule has 1 fully saturated rings. The molecule has 1 aromatic carbocycles. The van der Waals surface area contributed by atoms with Gasteiger partial charge < -0.3 is 9.64 Å². The van der Waals surface area contributed by atoms with Gasteiger partial charge in [-0.25, -0.2) is 17.5 Å². The molecule has 0 saturated carbocycles. The van der Waals surface area contributed by atoms with Gasteiger partial charge in [-0.05, 0) is 44.5 Å². The van der Waals surface area contributed by atoms with Crippen LogP contribution in [-0.2, 0) is 14.8 Å². The molecule has 2 unspecified atom stereocenters. The summed E-state index contributed by atoms with van der Waals surface area (Å²) in [4.78, 5) is 2.16. The van der Waals surface area contributed by atoms with Crippen molar-refractivity contribution in [2.24, 2.45) is 0 Å². The topological polar surface area (TPSA) is 58.6 Å². The van der Waals surface area contributed by atoms with Gasteiger partial charge in [0.1, 0.15) is 5.82 Å². The first-order valence-corrected chi connectivity index (χ1v) is 9.61. The predicted molar refractivity (Wildman–Crippen MR) is 88.2 cm³/mol. The summed E-state index contributed by atoms with van der Waals surface area (Å²) in [6.45, 7) is 3.33. The molecule has 23 heavy (non-hydrogen) atoms. The molecule has 1 saturated heterocycles. The van der Waals surface area contributed by atoms with Crippen molar-refractivity contribution >= 4 is 10.0 Å². The summed E-state index contributed by atoms with van der Waals surface area (Å²) in [5.41, 5.74) is 0.983. The van der Waals surface area contributed by atoms with Gasteiger partial charge in [0.15, 0.2) is 0 Å². The van der Waals surface area contributed by atoms with E-state index < -0.39 is 10.0 Å². The predicted octanol–water partition coefficient (Wildman–Crippen LogP) is 1.92. The second-order valence-electron chi connectivity index (χ2n) is 5.87. The highest BCUT2D eigenvalue weighted by atomic mass is 32.2. The van der Waals surface area contributed by atoms with Crippen molar-refractivity contribution in [3.63, 3.8) is 0 Å². The van der Waals surface area contributed by atoms with Crippen molar-refractivity contribution in [1.29, 1.82) is 0 Å². The van der Waals surface area contributed by atoms with Gasteiger partial charge >= 0.3 is 0 Å². The van der Waals surface area contributed by atoms with Crippen LogP contribution in [0.1, 0.15) is 31.4 Å². The molecule has 0 aromatic heterocycles. The molecule has 0 spiro atoms. The lowest BCUT2D eigenvalue weighted by atomic mass is 9.96. The highest BCUT2D eigenvalue weighted by Crippen LogP contribution is 2.30. The van der Waals surface area contributed by atoms with Gasteiger partial charge in [0.25, 0.3) is 0 Å². The number of nitrogens with one attached hydrogen (secondary N) is 1. The molecule has 2 rings (SSSR count). The Morgan fingerprint density at radius 2 is 2.04 bits per heavy atom. The van der Waals surface area contributed by atoms with Gasteiger partial charge in [0.2, 0.25) is 10.0 Å². The van der Waals surface area contributed by atoms with Crippen molar-refractivity contribution in [1.82, 2.24) is 9.62 Å². The summed E-state index contributed by atoms with van der Waals surface area (Å²) in [7, 11) is -1.14. The summed E-state index contributed by atoms with van der Waals surface area (Å²) in [6.07, 6.45) is 1.70. The van der Waals surface area contributed by atoms with Gasteiger partial charge in [0.05, 0.1) is 11.9 Å². The Bertz CT molecular complexity index is 592. The van der Waals surface area contributed by atoms with E-state index in [1.807, 2.05) is 7.05 Å². The minimum atomic E-state index is -3.14. The van der Waals surface area contributed by atoms with Crippen LogP contribution in [0.5, 0.6) is 0 Å². The summed E-state index contributed by atoms with van der Waals surface area (Å²) in [5.74, 6) is -0.151. The molecule has 1 heterocycles. The number of hydrogen-bond acceptors (Lipinski definition) is 4. The number of sulfonamides is 1. The van der Waals surface area contributed by atoms with E-state index in [9.17, 15) is 12.8 Å². The minimum absolute atomic E-state index is 0.0378. The van der Waals surface area contributed by atoms with E-state index in [1.165, 1.54) is 12.1 Å². The highest BCUT2D eigenvalue weighted by molar-refractivity contribution is 7.89. The van der Waals surface area contributed by atoms with Crippen LogP contribution in [-0.4, -0.2) is 51.9 Å². The maximum atomic E-state index is 13.0. The molecule has 1 N–H and O–H groups in total. The van der Waals surface area contributed by atoms with E-state index in [4.69, 9.17) is 4.74 Å². The Labute approximate surface area is 137 Å². The van der Waals surface area contributed by atoms with Crippen molar-refractivity contribution in [3.8, 4) is 0 Å². The van der Waals surface area contributed by atoms with Crippen LogP contribution in [0.4, 0.5) is 4.39 Å². The molecule has 1 aliphatic rings. The fourth-order valence-electron chi connectivity index (χ4n) is 2.75. The molecule has 130 valence electrons. The van der Waals surface area contributed by atoms with Crippen molar-refractivity contribution < 1.29 is 17.5 Å². The molecule has 5 nitrogen and oxygen atoms in total. The molecule has 0 bridgehead atoms. The SMILES string of the molecule is CCS(=O)(=O)NCCN(C)C1CCOC(c2ccc(F)cc2)C1. The van der Waals surface area contributed by atoms with E-state index in [0.29, 0.717) is 25.7 Å². The molecular formula is C16H25FN2O3S. The van der Waals surface area contributed by atoms with Crippen molar-refractivity contribution in [2.45, 2.75) is 31.9 Å². The Morgan fingerprint density at radius 3 is 2.70 bits per heavy atom. The first kappa shape index (κ1) is 18.3. The Balaban J connectivity index is 1.86. The molecule has 0 amide bonds. The van der Waals surface area contributed by atoms with Gasteiger partial charge in [0, 0.05) is 25.7 Å². The zero-order valence-corrected chi connectivity index (χ0v) is 14.5. The second-order valence-corrected chi connectivity index (χ2v) is 7.96. The maximum absolute atomic E-state index is 13.0. The van der Waals surface area contributed by atoms with Gasteiger partial charge in [-0.2, -0.15) is 0 Å². The lowest BCUT2D eigenvalue weighted by molar-refractivity contribution is -0.0229. The van der Waals surface area contributed by atoms with E-state index in [1.54, 1.807) is 19.1 Å². The normalized spacial score (nSPS) is 22.4. The highest BCUT2D eigenvalue weighted by Gasteiger charge is 2.26. The minimum Gasteiger partial charge on any atom is -0.373 e. The molecule has 7 heteroatoms. The van der Waals surface area contributed by atoms with Crippen LogP contribution in [0.15, 0.2) is 24.3 Å². The lowest BCUT2D eigenvalue weighted by Crippen LogP contribution is -2.42. The smallest absolute Gasteiger partial charge is 0.211 e. The third-order valence-corrected chi connectivity index (χ3v) is 5.69. The monoisotopic (exact) mass is 344 g/mol. The van der Waals surface area contributed by atoms with Crippen molar-refractivity contribution in [2.75, 3.05) is 32.5 Å². The van der Waals surface area contributed by atoms with E-state index in [2.05, 4.69) is 9.62 Å². The largest absolute Gasteiger partial charge is 0.373 e. The number of nitrogens with zero attached hydrogens (tertiary/aromatic N) is 1. The molecular weight excluding hydrogens is 319 g/mol. The summed E-state index contributed by atoms with van der Waals surface area (Å²) in [5, 5.41) is 0. The molecule has 2 atom stereocenters. The maximum Gasteiger partial charge on any atom is 0.211 e. The van der Waals surface area contributed by atoms with Crippen LogP contribution < -0.4 is 4.72 Å². The summed E-state index contributed by atoms with van der Waals surface area (Å²) in [6, 6.07) is 6.75. The van der Waals surface area contributed by atoms with Gasteiger partial charge in [-0.3, -0.25) is 0 Å². The molecule has 0 radical (unpaired) electrons. The molecule has 0 aliphatic carbocycles. The van der Waals surface area contributed by atoms with Crippen LogP contribution in [0.25, 0.3) is 0 Å². The Kier molecular flexibility index (Phi) is 6.52. The second kappa shape index (κ2) is 8.19. The number of benzene rings is 1. The quantitative estimate of drug-likeness (QED) is 0.821. The van der Waals surface area contributed by atoms with Crippen molar-refractivity contribution in [3.05, 3.63) is 35.6 Å². The van der Waals surface area contributed by atoms with Crippen LogP contribution in [0, 0.1) is 5.82 Å². The summed E-state index contributed by atoms with van der Waals surface area (Å²) >= 11 is 0. The first-order chi connectivity index (χ1) is 10.9. The van der Waals surface area contributed by atoms with E-state index >= 15 is 0 Å². The number of rotatable bonds is 7. The lowest BCUT2D eigenvalue weighted by Gasteiger charge is -2.35. The zero-order chi connectivity index (χ0) is 16.9. The Hall–Kier alpha value is -1.02. The third-order valence-electron chi connectivity index (χ3n) is 4.29. The van der Waals surface area contributed by atoms with E-state index in [-0.39, 0.29) is 17.7 Å². The van der Waals surface area contributed by atoms with Gasteiger partial charge in [-0.1, -0.05) is 12.1 Å². The average Bonchev–Trinajstić information content (AvgIpc) is 2.55. The fourth-order valence-corrected chi connectivity index (χ4v) is 3.36. The molecule has 1 aliphatic heterocycles. The third kappa shape index (κ3) is 5.53. The average molecular weight is 344 g/mol. The number of hydrogen-bond donors (Lipinski definition) is 1. The Morgan fingerprint density at radius 1 is 1.35 bits per heavy atom. The summed E-state index contributed by atoms with van der Waals surface area (Å²) < 4.78 is 44.3. The van der Waals surface area contributed by atoms with Crippen LogP contribution >= 0.6 is 0 Å². The van der Waals surface area contributed by atoms with Gasteiger partial charge in [-0.15, -0.1) is 0 Å². The van der Waals surface area contributed by atoms with E-state index in [0.717, 1.165) is 18.4 Å². The first-order valence-electron chi connectivity index (χ1n) is 7.96.